The van der Waals surface area contributed by atoms with Crippen molar-refractivity contribution in [2.45, 2.75) is 71.0 Å². The molecule has 4 atom stereocenters. The van der Waals surface area contributed by atoms with Crippen LogP contribution in [0.25, 0.3) is 0 Å². The molecule has 2 amide bonds. The molecular formula is C30H33ClF3N7O3. The molecule has 14 heteroatoms. The quantitative estimate of drug-likeness (QED) is 0.403. The number of morpholine rings is 1. The molecule has 6 rings (SSSR count). The Hall–Kier alpha value is -3.71. The number of carbonyl (C=O) groups excluding carboxylic acids is 2. The van der Waals surface area contributed by atoms with Gasteiger partial charge in [0.15, 0.2) is 0 Å². The Balaban J connectivity index is 1.26. The normalized spacial score (nSPS) is 23.0. The van der Waals surface area contributed by atoms with Crippen molar-refractivity contribution in [2.24, 2.45) is 0 Å². The summed E-state index contributed by atoms with van der Waals surface area (Å²) in [6, 6.07) is 2.49. The molecule has 0 aliphatic carbocycles. The molecule has 0 bridgehead atoms. The monoisotopic (exact) mass is 631 g/mol. The summed E-state index contributed by atoms with van der Waals surface area (Å²) >= 11 is 5.78. The molecule has 0 saturated carbocycles. The van der Waals surface area contributed by atoms with Crippen molar-refractivity contribution in [1.29, 1.82) is 0 Å². The first-order chi connectivity index (χ1) is 20.8. The molecule has 2 aromatic heterocycles. The summed E-state index contributed by atoms with van der Waals surface area (Å²) in [5, 5.41) is 4.29. The highest BCUT2D eigenvalue weighted by Gasteiger charge is 2.41. The molecule has 0 N–H and O–H groups in total. The van der Waals surface area contributed by atoms with Crippen molar-refractivity contribution in [3.8, 4) is 0 Å². The van der Waals surface area contributed by atoms with E-state index in [9.17, 15) is 22.8 Å². The van der Waals surface area contributed by atoms with E-state index in [0.717, 1.165) is 17.7 Å². The third-order valence-electron chi connectivity index (χ3n) is 8.80. The van der Waals surface area contributed by atoms with E-state index in [1.165, 1.54) is 11.0 Å². The smallest absolute Gasteiger partial charge is 0.377 e. The molecule has 5 heterocycles. The van der Waals surface area contributed by atoms with E-state index >= 15 is 0 Å². The number of hydrogen-bond acceptors (Lipinski definition) is 7. The zero-order valence-corrected chi connectivity index (χ0v) is 25.6. The van der Waals surface area contributed by atoms with E-state index in [1.54, 1.807) is 22.0 Å². The molecule has 1 aromatic carbocycles. The van der Waals surface area contributed by atoms with Gasteiger partial charge in [0.1, 0.15) is 5.69 Å². The number of anilines is 1. The molecular weight excluding hydrogens is 599 g/mol. The summed E-state index contributed by atoms with van der Waals surface area (Å²) in [6.07, 6.45) is -0.838. The Bertz CT molecular complexity index is 1600. The van der Waals surface area contributed by atoms with Gasteiger partial charge in [-0.25, -0.2) is 9.97 Å². The van der Waals surface area contributed by atoms with Gasteiger partial charge in [-0.15, -0.1) is 0 Å². The molecule has 3 aliphatic heterocycles. The highest BCUT2D eigenvalue weighted by Crippen LogP contribution is 2.37. The minimum atomic E-state index is -4.70. The predicted octanol–water partition coefficient (Wildman–Crippen LogP) is 4.94. The number of amides is 2. The Morgan fingerprint density at radius 1 is 1.11 bits per heavy atom. The van der Waals surface area contributed by atoms with Crippen LogP contribution in [0.5, 0.6) is 0 Å². The summed E-state index contributed by atoms with van der Waals surface area (Å²) in [6.45, 7) is 10.2. The van der Waals surface area contributed by atoms with Crippen LogP contribution >= 0.6 is 11.6 Å². The van der Waals surface area contributed by atoms with E-state index in [0.29, 0.717) is 55.6 Å². The zero-order valence-electron chi connectivity index (χ0n) is 24.8. The maximum Gasteiger partial charge on any atom is 0.417 e. The van der Waals surface area contributed by atoms with Crippen molar-refractivity contribution in [3.63, 3.8) is 0 Å². The molecule has 44 heavy (non-hydrogen) atoms. The summed E-state index contributed by atoms with van der Waals surface area (Å²) in [5.74, 6) is -0.189. The molecule has 10 nitrogen and oxygen atoms in total. The Kier molecular flexibility index (Phi) is 7.81. The van der Waals surface area contributed by atoms with Gasteiger partial charge in [0.25, 0.3) is 11.8 Å². The molecule has 0 radical (unpaired) electrons. The van der Waals surface area contributed by atoms with Crippen LogP contribution in [-0.2, 0) is 23.9 Å². The molecule has 234 valence electrons. The molecule has 0 spiro atoms. The third kappa shape index (κ3) is 5.29. The van der Waals surface area contributed by atoms with Crippen molar-refractivity contribution >= 4 is 29.4 Å². The lowest BCUT2D eigenvalue weighted by Crippen LogP contribution is -2.46. The molecule has 1 fully saturated rings. The van der Waals surface area contributed by atoms with Gasteiger partial charge < -0.3 is 19.4 Å². The number of rotatable bonds is 4. The minimum absolute atomic E-state index is 0.0465. The lowest BCUT2D eigenvalue weighted by molar-refractivity contribution is -0.137. The average molecular weight is 632 g/mol. The first-order valence-corrected chi connectivity index (χ1v) is 15.0. The minimum Gasteiger partial charge on any atom is -0.377 e. The number of fused-ring (bicyclic) bond motifs is 3. The van der Waals surface area contributed by atoms with Crippen LogP contribution in [0.3, 0.4) is 0 Å². The largest absolute Gasteiger partial charge is 0.417 e. The molecule has 3 aromatic rings. The van der Waals surface area contributed by atoms with Crippen molar-refractivity contribution in [3.05, 3.63) is 69.3 Å². The fourth-order valence-electron chi connectivity index (χ4n) is 6.24. The highest BCUT2D eigenvalue weighted by atomic mass is 35.5. The third-order valence-corrected chi connectivity index (χ3v) is 9.12. The second kappa shape index (κ2) is 11.3. The lowest BCUT2D eigenvalue weighted by Gasteiger charge is -2.37. The molecule has 0 unspecified atom stereocenters. The Labute approximate surface area is 257 Å². The van der Waals surface area contributed by atoms with Gasteiger partial charge in [-0.1, -0.05) is 11.6 Å². The Morgan fingerprint density at radius 3 is 2.52 bits per heavy atom. The summed E-state index contributed by atoms with van der Waals surface area (Å²) in [4.78, 5) is 42.1. The van der Waals surface area contributed by atoms with Crippen LogP contribution in [0, 0.1) is 0 Å². The second-order valence-electron chi connectivity index (χ2n) is 11.8. The van der Waals surface area contributed by atoms with Crippen LogP contribution in [0.1, 0.15) is 83.0 Å². The van der Waals surface area contributed by atoms with Crippen LogP contribution in [-0.4, -0.2) is 79.7 Å². The summed E-state index contributed by atoms with van der Waals surface area (Å²) in [7, 11) is 0. The number of aromatic nitrogens is 4. The standard InChI is InChI=1S/C30H33ClF3N7O3/c1-16-9-25-22(14-39(16)27(42)20-5-6-24(31)23(10-20)30(32,33)34)26-28(43)40(13-17(2)41(26)37-25)19(4)21-11-35-29(36-12-21)38-7-8-44-15-18(38)3/h5-6,10-12,16-19H,7-9,13-15H2,1-4H3/t16-,17-,18+,19+/m1/s1. The van der Waals surface area contributed by atoms with Crippen LogP contribution in [0.2, 0.25) is 5.02 Å². The van der Waals surface area contributed by atoms with Crippen LogP contribution in [0.15, 0.2) is 30.6 Å². The number of nitrogens with zero attached hydrogens (tertiary/aromatic N) is 7. The van der Waals surface area contributed by atoms with Crippen molar-refractivity contribution in [1.82, 2.24) is 29.5 Å². The fraction of sp³-hybridized carbons (Fsp3) is 0.500. The van der Waals surface area contributed by atoms with Crippen LogP contribution < -0.4 is 4.90 Å². The SMILES string of the molecule is C[C@@H]1Cc2nn3c(c2CN1C(=O)c1ccc(Cl)c(C(F)(F)F)c1)C(=O)N([C@@H](C)c1cnc(N2CCOC[C@@H]2C)nc1)C[C@H]3C. The van der Waals surface area contributed by atoms with Gasteiger partial charge in [0.2, 0.25) is 5.95 Å². The van der Waals surface area contributed by atoms with Gasteiger partial charge in [-0.05, 0) is 45.9 Å². The van der Waals surface area contributed by atoms with Gasteiger partial charge in [-0.2, -0.15) is 18.3 Å². The van der Waals surface area contributed by atoms with Gasteiger partial charge in [-0.3, -0.25) is 14.3 Å². The molecule has 3 aliphatic rings. The van der Waals surface area contributed by atoms with E-state index < -0.39 is 22.7 Å². The number of halogens is 4. The molecule has 1 saturated heterocycles. The van der Waals surface area contributed by atoms with E-state index in [1.807, 2.05) is 20.8 Å². The Morgan fingerprint density at radius 2 is 1.84 bits per heavy atom. The maximum absolute atomic E-state index is 14.0. The van der Waals surface area contributed by atoms with Crippen molar-refractivity contribution in [2.75, 3.05) is 31.2 Å². The number of hydrogen-bond donors (Lipinski definition) is 0. The number of alkyl halides is 3. The fourth-order valence-corrected chi connectivity index (χ4v) is 6.46. The maximum atomic E-state index is 14.0. The topological polar surface area (TPSA) is 96.7 Å². The number of benzene rings is 1. The average Bonchev–Trinajstić information content (AvgIpc) is 3.37. The first-order valence-electron chi connectivity index (χ1n) is 14.6. The number of carbonyl (C=O) groups is 2. The predicted molar refractivity (Wildman–Crippen MR) is 156 cm³/mol. The van der Waals surface area contributed by atoms with E-state index in [2.05, 4.69) is 21.8 Å². The van der Waals surface area contributed by atoms with E-state index in [4.69, 9.17) is 21.4 Å². The second-order valence-corrected chi connectivity index (χ2v) is 12.2. The zero-order chi connectivity index (χ0) is 31.5. The van der Waals surface area contributed by atoms with Crippen molar-refractivity contribution < 1.29 is 27.5 Å². The lowest BCUT2D eigenvalue weighted by atomic mass is 9.96. The number of ether oxygens (including phenoxy) is 1. The van der Waals surface area contributed by atoms with Crippen LogP contribution in [0.4, 0.5) is 19.1 Å². The highest BCUT2D eigenvalue weighted by molar-refractivity contribution is 6.31. The van der Waals surface area contributed by atoms with Gasteiger partial charge in [0, 0.05) is 54.6 Å². The first kappa shape index (κ1) is 30.3. The van der Waals surface area contributed by atoms with E-state index in [-0.39, 0.29) is 42.2 Å². The summed E-state index contributed by atoms with van der Waals surface area (Å²) < 4.78 is 47.7. The van der Waals surface area contributed by atoms with Gasteiger partial charge in [0.05, 0.1) is 54.2 Å². The summed E-state index contributed by atoms with van der Waals surface area (Å²) in [5.41, 5.74) is 1.31. The van der Waals surface area contributed by atoms with Gasteiger partial charge >= 0.3 is 6.18 Å².